The fourth-order valence-electron chi connectivity index (χ4n) is 5.66. The molecule has 2 unspecified atom stereocenters. The van der Waals surface area contributed by atoms with Crippen molar-refractivity contribution in [3.05, 3.63) is 87.3 Å². The lowest BCUT2D eigenvalue weighted by Gasteiger charge is -2.24. The summed E-state index contributed by atoms with van der Waals surface area (Å²) >= 11 is 1.73. The van der Waals surface area contributed by atoms with Gasteiger partial charge in [0.05, 0.1) is 0 Å². The van der Waals surface area contributed by atoms with Crippen LogP contribution >= 0.6 is 11.8 Å². The lowest BCUT2D eigenvalue weighted by molar-refractivity contribution is 0.692. The van der Waals surface area contributed by atoms with E-state index in [9.17, 15) is 4.79 Å². The predicted octanol–water partition coefficient (Wildman–Crippen LogP) is 6.33. The average Bonchev–Trinajstić information content (AvgIpc) is 3.39. The van der Waals surface area contributed by atoms with Crippen molar-refractivity contribution in [1.82, 2.24) is 4.57 Å². The summed E-state index contributed by atoms with van der Waals surface area (Å²) < 4.78 is 1.79. The number of hydrogen-bond acceptors (Lipinski definition) is 6. The number of allylic oxidation sites excluding steroid dienone is 1. The molecule has 0 amide bonds. The van der Waals surface area contributed by atoms with E-state index in [1.54, 1.807) is 22.5 Å². The molecule has 3 atom stereocenters. The number of fused-ring (bicyclic) bond motifs is 1. The molecule has 38 heavy (non-hydrogen) atoms. The zero-order valence-corrected chi connectivity index (χ0v) is 24.0. The first kappa shape index (κ1) is 27.7. The van der Waals surface area contributed by atoms with Gasteiger partial charge in [-0.15, -0.1) is 11.8 Å². The van der Waals surface area contributed by atoms with Crippen LogP contribution in [0.4, 0.5) is 11.5 Å². The first-order valence-corrected chi connectivity index (χ1v) is 14.4. The molecule has 1 saturated carbocycles. The van der Waals surface area contributed by atoms with Crippen LogP contribution in [-0.2, 0) is 7.05 Å². The maximum Gasteiger partial charge on any atom is 0.254 e. The summed E-state index contributed by atoms with van der Waals surface area (Å²) in [6.45, 7) is 9.74. The Hall–Kier alpha value is -3.32. The molecule has 0 spiro atoms. The fourth-order valence-corrected chi connectivity index (χ4v) is 6.22. The molecule has 0 bridgehead atoms. The molecule has 4 rings (SSSR count). The highest BCUT2D eigenvalue weighted by Gasteiger charge is 2.57. The lowest BCUT2D eigenvalue weighted by Crippen LogP contribution is -2.30. The van der Waals surface area contributed by atoms with Gasteiger partial charge in [-0.05, 0) is 81.0 Å². The van der Waals surface area contributed by atoms with E-state index in [1.807, 2.05) is 40.1 Å². The molecule has 2 fully saturated rings. The molecule has 2 N–H and O–H groups in total. The van der Waals surface area contributed by atoms with Gasteiger partial charge in [0.15, 0.2) is 0 Å². The molecule has 1 saturated heterocycles. The van der Waals surface area contributed by atoms with Gasteiger partial charge in [-0.2, -0.15) is 0 Å². The van der Waals surface area contributed by atoms with Gasteiger partial charge in [0.25, 0.3) is 5.56 Å². The average molecular weight is 530 g/mol. The molecule has 1 aromatic carbocycles. The summed E-state index contributed by atoms with van der Waals surface area (Å²) in [6.07, 6.45) is 7.11. The summed E-state index contributed by atoms with van der Waals surface area (Å²) in [5.74, 6) is 2.27. The molecule has 7 heteroatoms. The number of anilines is 2. The monoisotopic (exact) mass is 529 g/mol. The molecule has 2 heterocycles. The van der Waals surface area contributed by atoms with Crippen LogP contribution in [0.1, 0.15) is 36.6 Å². The van der Waals surface area contributed by atoms with Crippen molar-refractivity contribution in [2.45, 2.75) is 38.6 Å². The molecular formula is C31H39N5OS. The summed E-state index contributed by atoms with van der Waals surface area (Å²) in [5, 5.41) is 11.5. The van der Waals surface area contributed by atoms with Gasteiger partial charge in [-0.25, -0.2) is 0 Å². The number of hydrogen-bond donors (Lipinski definition) is 2. The van der Waals surface area contributed by atoms with E-state index in [2.05, 4.69) is 70.9 Å². The van der Waals surface area contributed by atoms with E-state index in [1.165, 1.54) is 11.1 Å². The van der Waals surface area contributed by atoms with Crippen LogP contribution in [0.15, 0.2) is 75.0 Å². The minimum absolute atomic E-state index is 0.00963. The Morgan fingerprint density at radius 1 is 1.16 bits per heavy atom. The van der Waals surface area contributed by atoms with E-state index in [0.717, 1.165) is 46.9 Å². The number of aromatic nitrogens is 1. The maximum absolute atomic E-state index is 13.3. The van der Waals surface area contributed by atoms with Crippen molar-refractivity contribution in [2.24, 2.45) is 29.8 Å². The summed E-state index contributed by atoms with van der Waals surface area (Å²) in [4.78, 5) is 21.1. The van der Waals surface area contributed by atoms with Gasteiger partial charge >= 0.3 is 0 Å². The summed E-state index contributed by atoms with van der Waals surface area (Å²) in [6, 6.07) is 16.8. The molecule has 1 aliphatic carbocycles. The van der Waals surface area contributed by atoms with Gasteiger partial charge in [-0.1, -0.05) is 35.9 Å². The van der Waals surface area contributed by atoms with Crippen LogP contribution in [0.3, 0.4) is 0 Å². The van der Waals surface area contributed by atoms with Gasteiger partial charge < -0.3 is 15.6 Å². The van der Waals surface area contributed by atoms with Gasteiger partial charge in [0.1, 0.15) is 5.82 Å². The van der Waals surface area contributed by atoms with Crippen molar-refractivity contribution in [3.63, 3.8) is 0 Å². The second kappa shape index (κ2) is 12.0. The number of aryl methyl sites for hydroxylation is 2. The normalized spacial score (nSPS) is 21.2. The molecule has 2 aliphatic rings. The highest BCUT2D eigenvalue weighted by atomic mass is 32.2. The largest absolute Gasteiger partial charge is 0.378 e. The lowest BCUT2D eigenvalue weighted by atomic mass is 10.1. The molecule has 200 valence electrons. The minimum atomic E-state index is 0.00963. The van der Waals surface area contributed by atoms with Crippen molar-refractivity contribution in [3.8, 4) is 0 Å². The van der Waals surface area contributed by atoms with Crippen LogP contribution in [-0.4, -0.2) is 36.3 Å². The maximum atomic E-state index is 13.3. The molecule has 6 nitrogen and oxygen atoms in total. The molecular weight excluding hydrogens is 490 g/mol. The van der Waals surface area contributed by atoms with Crippen LogP contribution in [0, 0.1) is 37.0 Å². The van der Waals surface area contributed by atoms with E-state index >= 15 is 0 Å². The van der Waals surface area contributed by atoms with E-state index in [-0.39, 0.29) is 11.6 Å². The third kappa shape index (κ3) is 5.88. The van der Waals surface area contributed by atoms with Gasteiger partial charge in [-0.3, -0.25) is 14.4 Å². The van der Waals surface area contributed by atoms with Gasteiger partial charge in [0, 0.05) is 61.0 Å². The van der Waals surface area contributed by atoms with Gasteiger partial charge in [0.2, 0.25) is 0 Å². The standard InChI is InChI=1S/C31H39N5OS/c1-7-33-17-24(16-32)30-25-18-36(19-26(25)30)29-13-12-23(15-20(2)14-21(3)31(37)35(29)5)22(4)34-27-10-8-9-11-28(27)38-6/h7-17,22,25-26,30,32,34H,18-19H2,1-6H3/b20-15?,21-14?,23-12?,24-17+,29-13?,32-16?,33-7?/t22-,25?,26?,30?/m1/s1. The number of rotatable bonds is 8. The molecule has 0 radical (unpaired) electrons. The topological polar surface area (TPSA) is 73.5 Å². The number of para-hydroxylation sites is 1. The summed E-state index contributed by atoms with van der Waals surface area (Å²) in [5.41, 5.74) is 5.04. The quantitative estimate of drug-likeness (QED) is 0.310. The number of nitrogens with one attached hydrogen (secondary N) is 2. The Morgan fingerprint density at radius 3 is 2.53 bits per heavy atom. The van der Waals surface area contributed by atoms with E-state index < -0.39 is 0 Å². The van der Waals surface area contributed by atoms with Crippen molar-refractivity contribution >= 4 is 35.7 Å². The zero-order chi connectivity index (χ0) is 27.4. The third-order valence-corrected chi connectivity index (χ3v) is 8.47. The number of benzene rings is 1. The summed E-state index contributed by atoms with van der Waals surface area (Å²) in [7, 11) is 1.87. The minimum Gasteiger partial charge on any atom is -0.378 e. The number of piperidine rings is 1. The second-order valence-corrected chi connectivity index (χ2v) is 11.1. The highest BCUT2D eigenvalue weighted by Crippen LogP contribution is 2.55. The van der Waals surface area contributed by atoms with E-state index in [0.29, 0.717) is 17.8 Å². The van der Waals surface area contributed by atoms with Crippen LogP contribution in [0.2, 0.25) is 0 Å². The van der Waals surface area contributed by atoms with Crippen LogP contribution in [0.5, 0.6) is 0 Å². The Kier molecular flexibility index (Phi) is 8.77. The van der Waals surface area contributed by atoms with Crippen molar-refractivity contribution in [2.75, 3.05) is 29.6 Å². The Bertz CT molecular complexity index is 1360. The number of aliphatic imine (C=N–C) groups is 1. The zero-order valence-electron chi connectivity index (χ0n) is 23.2. The first-order valence-electron chi connectivity index (χ1n) is 13.2. The second-order valence-electron chi connectivity index (χ2n) is 10.3. The molecule has 1 aromatic heterocycles. The van der Waals surface area contributed by atoms with Crippen molar-refractivity contribution in [1.29, 1.82) is 5.41 Å². The highest BCUT2D eigenvalue weighted by molar-refractivity contribution is 7.98. The predicted molar refractivity (Wildman–Crippen MR) is 163 cm³/mol. The Morgan fingerprint density at radius 2 is 1.87 bits per heavy atom. The molecule has 2 aromatic rings. The van der Waals surface area contributed by atoms with E-state index in [4.69, 9.17) is 5.41 Å². The number of nitrogens with zero attached hydrogens (tertiary/aromatic N) is 3. The van der Waals surface area contributed by atoms with Crippen LogP contribution < -0.4 is 15.8 Å². The number of thioether (sulfide) groups is 1. The van der Waals surface area contributed by atoms with Crippen molar-refractivity contribution < 1.29 is 0 Å². The van der Waals surface area contributed by atoms with Crippen LogP contribution in [0.25, 0.3) is 0 Å². The molecule has 1 aliphatic heterocycles. The fraction of sp³-hybridized carbons (Fsp3) is 0.387. The Balaban J connectivity index is 1.69. The SMILES string of the molecule is CC=N/C=C(\C=N)C1C2CN(c3ccc([C@@H](C)Nc4ccccc4SC)cc(C)cc(C)c(=O)n3C)CC21. The first-order chi connectivity index (χ1) is 18.3. The smallest absolute Gasteiger partial charge is 0.254 e. The Labute approximate surface area is 230 Å². The third-order valence-electron chi connectivity index (χ3n) is 7.67.